The fraction of sp³-hybridized carbons (Fsp3) is 0.615. The molecule has 1 unspecified atom stereocenters. The Morgan fingerprint density at radius 2 is 2.10 bits per heavy atom. The highest BCUT2D eigenvalue weighted by atomic mass is 35.5. The summed E-state index contributed by atoms with van der Waals surface area (Å²) in [4.78, 5) is 29.4. The van der Waals surface area contributed by atoms with Gasteiger partial charge in [0, 0.05) is 11.4 Å². The Kier molecular flexibility index (Phi) is 6.42. The molecule has 0 N–H and O–H groups in total. The van der Waals surface area contributed by atoms with Crippen LogP contribution in [0.3, 0.4) is 0 Å². The Morgan fingerprint density at radius 1 is 1.45 bits per heavy atom. The molecule has 0 radical (unpaired) electrons. The van der Waals surface area contributed by atoms with Crippen LogP contribution < -0.4 is 0 Å². The molecule has 0 spiro atoms. The van der Waals surface area contributed by atoms with E-state index in [0.29, 0.717) is 18.2 Å². The fourth-order valence-corrected chi connectivity index (χ4v) is 2.46. The maximum atomic E-state index is 12.0. The number of carbonyl (C=O) groups excluding carboxylic acids is 2. The number of carbonyl (C=O) groups is 2. The molecule has 0 saturated heterocycles. The van der Waals surface area contributed by atoms with Gasteiger partial charge in [-0.15, -0.1) is 22.9 Å². The van der Waals surface area contributed by atoms with Crippen molar-refractivity contribution in [1.82, 2.24) is 9.88 Å². The van der Waals surface area contributed by atoms with Crippen LogP contribution in [0.2, 0.25) is 0 Å². The first kappa shape index (κ1) is 16.9. The number of thiazole rings is 1. The predicted molar refractivity (Wildman–Crippen MR) is 79.1 cm³/mol. The Hall–Kier alpha value is -1.14. The zero-order valence-corrected chi connectivity index (χ0v) is 13.6. The van der Waals surface area contributed by atoms with Crippen LogP contribution in [0.15, 0.2) is 5.38 Å². The molecule has 0 aliphatic heterocycles. The number of ether oxygens (including phenoxy) is 1. The highest BCUT2D eigenvalue weighted by Gasteiger charge is 2.23. The van der Waals surface area contributed by atoms with E-state index in [2.05, 4.69) is 4.98 Å². The Morgan fingerprint density at radius 3 is 2.60 bits per heavy atom. The average molecular weight is 319 g/mol. The molecule has 5 nitrogen and oxygen atoms in total. The molecule has 0 fully saturated rings. The lowest BCUT2D eigenvalue weighted by atomic mass is 10.3. The van der Waals surface area contributed by atoms with Crippen LogP contribution in [-0.2, 0) is 16.1 Å². The van der Waals surface area contributed by atoms with Gasteiger partial charge in [-0.1, -0.05) is 0 Å². The van der Waals surface area contributed by atoms with Crippen LogP contribution in [0.4, 0.5) is 0 Å². The van der Waals surface area contributed by atoms with Crippen molar-refractivity contribution in [3.8, 4) is 0 Å². The fourth-order valence-electron chi connectivity index (χ4n) is 1.57. The summed E-state index contributed by atoms with van der Waals surface area (Å²) in [5.74, 6) is -0.585. The zero-order valence-electron chi connectivity index (χ0n) is 12.1. The molecule has 1 atom stereocenters. The van der Waals surface area contributed by atoms with E-state index in [1.165, 1.54) is 11.3 Å². The minimum absolute atomic E-state index is 0.0126. The maximum Gasteiger partial charge on any atom is 0.357 e. The van der Waals surface area contributed by atoms with Crippen molar-refractivity contribution in [2.24, 2.45) is 0 Å². The van der Waals surface area contributed by atoms with Gasteiger partial charge in [0.25, 0.3) is 0 Å². The van der Waals surface area contributed by atoms with E-state index in [-0.39, 0.29) is 17.6 Å². The van der Waals surface area contributed by atoms with Crippen molar-refractivity contribution in [2.45, 2.75) is 45.7 Å². The molecule has 0 bridgehead atoms. The topological polar surface area (TPSA) is 59.5 Å². The van der Waals surface area contributed by atoms with E-state index in [1.807, 2.05) is 13.8 Å². The van der Waals surface area contributed by atoms with Gasteiger partial charge in [0.05, 0.1) is 13.2 Å². The molecule has 0 saturated carbocycles. The predicted octanol–water partition coefficient (Wildman–Crippen LogP) is 2.68. The molecule has 0 aromatic carbocycles. The summed E-state index contributed by atoms with van der Waals surface area (Å²) in [6, 6.07) is 0.0126. The molecule has 0 aliphatic carbocycles. The first-order valence-corrected chi connectivity index (χ1v) is 7.74. The third-order valence-electron chi connectivity index (χ3n) is 2.59. The summed E-state index contributed by atoms with van der Waals surface area (Å²) in [6.07, 6.45) is 0. The standard InChI is InChI=1S/C13H19ClN2O3S/c1-5-19-13(18)10-7-20-11(15-10)6-16(8(2)3)12(17)9(4)14/h7-9H,5-6H2,1-4H3. The van der Waals surface area contributed by atoms with E-state index < -0.39 is 11.3 Å². The minimum Gasteiger partial charge on any atom is -0.461 e. The number of esters is 1. The lowest BCUT2D eigenvalue weighted by molar-refractivity contribution is -0.132. The number of nitrogens with zero attached hydrogens (tertiary/aromatic N) is 2. The van der Waals surface area contributed by atoms with Gasteiger partial charge in [-0.05, 0) is 27.7 Å². The normalized spacial score (nSPS) is 12.3. The molecule has 1 heterocycles. The van der Waals surface area contributed by atoms with Crippen molar-refractivity contribution < 1.29 is 14.3 Å². The van der Waals surface area contributed by atoms with Gasteiger partial charge in [0.1, 0.15) is 10.4 Å². The quantitative estimate of drug-likeness (QED) is 0.597. The van der Waals surface area contributed by atoms with Crippen molar-refractivity contribution in [1.29, 1.82) is 0 Å². The molecule has 112 valence electrons. The minimum atomic E-state index is -0.582. The van der Waals surface area contributed by atoms with Crippen molar-refractivity contribution >= 4 is 34.8 Å². The third-order valence-corrected chi connectivity index (χ3v) is 3.61. The second-order valence-corrected chi connectivity index (χ2v) is 6.12. The van der Waals surface area contributed by atoms with Crippen LogP contribution in [-0.4, -0.2) is 39.8 Å². The number of hydrogen-bond donors (Lipinski definition) is 0. The van der Waals surface area contributed by atoms with Gasteiger partial charge in [-0.3, -0.25) is 4.79 Å². The largest absolute Gasteiger partial charge is 0.461 e. The number of amides is 1. The highest BCUT2D eigenvalue weighted by Crippen LogP contribution is 2.16. The maximum absolute atomic E-state index is 12.0. The van der Waals surface area contributed by atoms with Crippen LogP contribution in [0.25, 0.3) is 0 Å². The lowest BCUT2D eigenvalue weighted by Gasteiger charge is -2.26. The smallest absolute Gasteiger partial charge is 0.357 e. The second-order valence-electron chi connectivity index (χ2n) is 4.52. The van der Waals surface area contributed by atoms with Gasteiger partial charge in [-0.25, -0.2) is 9.78 Å². The molecule has 7 heteroatoms. The van der Waals surface area contributed by atoms with Crippen molar-refractivity contribution in [3.05, 3.63) is 16.1 Å². The third kappa shape index (κ3) is 4.45. The van der Waals surface area contributed by atoms with E-state index in [1.54, 1.807) is 24.1 Å². The van der Waals surface area contributed by atoms with Crippen LogP contribution in [0.5, 0.6) is 0 Å². The molecular formula is C13H19ClN2O3S. The summed E-state index contributed by atoms with van der Waals surface area (Å²) in [5, 5.41) is 1.75. The zero-order chi connectivity index (χ0) is 15.3. The van der Waals surface area contributed by atoms with Crippen LogP contribution in [0.1, 0.15) is 43.2 Å². The Labute approximate surface area is 127 Å². The molecule has 1 aromatic heterocycles. The number of halogens is 1. The summed E-state index contributed by atoms with van der Waals surface area (Å²) in [5.41, 5.74) is 0.280. The van der Waals surface area contributed by atoms with Gasteiger partial charge in [0.15, 0.2) is 5.69 Å². The average Bonchev–Trinajstić information content (AvgIpc) is 2.83. The molecule has 1 rings (SSSR count). The number of aromatic nitrogens is 1. The van der Waals surface area contributed by atoms with Crippen LogP contribution in [0, 0.1) is 0 Å². The van der Waals surface area contributed by atoms with Gasteiger partial charge in [-0.2, -0.15) is 0 Å². The summed E-state index contributed by atoms with van der Waals surface area (Å²) in [7, 11) is 0. The SMILES string of the molecule is CCOC(=O)c1csc(CN(C(=O)C(C)Cl)C(C)C)n1. The Bertz CT molecular complexity index is 474. The monoisotopic (exact) mass is 318 g/mol. The second kappa shape index (κ2) is 7.59. The van der Waals surface area contributed by atoms with E-state index >= 15 is 0 Å². The van der Waals surface area contributed by atoms with Gasteiger partial charge < -0.3 is 9.64 Å². The number of hydrogen-bond acceptors (Lipinski definition) is 5. The summed E-state index contributed by atoms with van der Waals surface area (Å²) in [6.45, 7) is 7.87. The van der Waals surface area contributed by atoms with E-state index in [0.717, 1.165) is 0 Å². The lowest BCUT2D eigenvalue weighted by Crippen LogP contribution is -2.40. The van der Waals surface area contributed by atoms with Crippen LogP contribution >= 0.6 is 22.9 Å². The number of rotatable bonds is 6. The molecule has 1 aromatic rings. The van der Waals surface area contributed by atoms with E-state index in [4.69, 9.17) is 16.3 Å². The van der Waals surface area contributed by atoms with Crippen molar-refractivity contribution in [3.63, 3.8) is 0 Å². The molecule has 1 amide bonds. The van der Waals surface area contributed by atoms with Crippen molar-refractivity contribution in [2.75, 3.05) is 6.61 Å². The molecule has 0 aliphatic rings. The summed E-state index contributed by atoms with van der Waals surface area (Å²) >= 11 is 7.18. The van der Waals surface area contributed by atoms with Gasteiger partial charge >= 0.3 is 5.97 Å². The van der Waals surface area contributed by atoms with E-state index in [9.17, 15) is 9.59 Å². The highest BCUT2D eigenvalue weighted by molar-refractivity contribution is 7.09. The molecular weight excluding hydrogens is 300 g/mol. The number of alkyl halides is 1. The molecule has 20 heavy (non-hydrogen) atoms. The summed E-state index contributed by atoms with van der Waals surface area (Å²) < 4.78 is 4.88. The Balaban J connectivity index is 2.80. The first-order valence-electron chi connectivity index (χ1n) is 6.42. The van der Waals surface area contributed by atoms with Gasteiger partial charge in [0.2, 0.25) is 5.91 Å². The first-order chi connectivity index (χ1) is 9.36.